The summed E-state index contributed by atoms with van der Waals surface area (Å²) in [6.45, 7) is 7.22. The molecule has 0 radical (unpaired) electrons. The monoisotopic (exact) mass is 314 g/mol. The van der Waals surface area contributed by atoms with E-state index in [0.717, 1.165) is 17.7 Å². The summed E-state index contributed by atoms with van der Waals surface area (Å²) in [6, 6.07) is 7.53. The summed E-state index contributed by atoms with van der Waals surface area (Å²) >= 11 is 0. The standard InChI is InChI=1S/C18H22N2O3/c1-4-22-10-9-13-11-19-12-20(13)16-14-7-5-6-8-15(14)17(21)23-18(16,2)3/h5-8,11-12,16H,4,9-10H2,1-3H3. The molecule has 0 fully saturated rings. The molecule has 1 aromatic heterocycles. The van der Waals surface area contributed by atoms with E-state index in [-0.39, 0.29) is 12.0 Å². The van der Waals surface area contributed by atoms with Gasteiger partial charge in [-0.1, -0.05) is 18.2 Å². The Morgan fingerprint density at radius 1 is 1.35 bits per heavy atom. The van der Waals surface area contributed by atoms with Crippen molar-refractivity contribution in [3.8, 4) is 0 Å². The first-order chi connectivity index (χ1) is 11.0. The smallest absolute Gasteiger partial charge is 0.339 e. The lowest BCUT2D eigenvalue weighted by atomic mass is 9.85. The molecular formula is C18H22N2O3. The second-order valence-corrected chi connectivity index (χ2v) is 6.22. The molecule has 23 heavy (non-hydrogen) atoms. The van der Waals surface area contributed by atoms with E-state index in [1.165, 1.54) is 0 Å². The molecule has 2 aromatic rings. The molecule has 5 nitrogen and oxygen atoms in total. The maximum absolute atomic E-state index is 12.2. The highest BCUT2D eigenvalue weighted by molar-refractivity contribution is 5.93. The maximum Gasteiger partial charge on any atom is 0.339 e. The molecule has 1 atom stereocenters. The third-order valence-corrected chi connectivity index (χ3v) is 4.22. The average molecular weight is 314 g/mol. The second-order valence-electron chi connectivity index (χ2n) is 6.22. The Hall–Kier alpha value is -2.14. The fourth-order valence-electron chi connectivity index (χ4n) is 3.21. The Labute approximate surface area is 136 Å². The van der Waals surface area contributed by atoms with Crippen LogP contribution in [0.3, 0.4) is 0 Å². The van der Waals surface area contributed by atoms with Crippen LogP contribution in [0.25, 0.3) is 0 Å². The number of benzene rings is 1. The molecule has 5 heteroatoms. The van der Waals surface area contributed by atoms with Crippen LogP contribution in [0, 0.1) is 0 Å². The van der Waals surface area contributed by atoms with Crippen molar-refractivity contribution < 1.29 is 14.3 Å². The number of nitrogens with zero attached hydrogens (tertiary/aromatic N) is 2. The SMILES string of the molecule is CCOCCc1cncn1C1c2ccccc2C(=O)OC1(C)C. The van der Waals surface area contributed by atoms with Gasteiger partial charge in [0.1, 0.15) is 5.60 Å². The predicted molar refractivity (Wildman–Crippen MR) is 86.5 cm³/mol. The minimum atomic E-state index is -0.646. The normalized spacial score (nSPS) is 19.3. The van der Waals surface area contributed by atoms with Gasteiger partial charge >= 0.3 is 5.97 Å². The van der Waals surface area contributed by atoms with Gasteiger partial charge in [-0.3, -0.25) is 0 Å². The quantitative estimate of drug-likeness (QED) is 0.629. The summed E-state index contributed by atoms with van der Waals surface area (Å²) in [7, 11) is 0. The lowest BCUT2D eigenvalue weighted by Crippen LogP contribution is -2.44. The summed E-state index contributed by atoms with van der Waals surface area (Å²) < 4.78 is 13.3. The maximum atomic E-state index is 12.2. The molecule has 0 spiro atoms. The van der Waals surface area contributed by atoms with E-state index in [1.807, 2.05) is 57.6 Å². The van der Waals surface area contributed by atoms with Crippen LogP contribution in [0.4, 0.5) is 0 Å². The number of carbonyl (C=O) groups excluding carboxylic acids is 1. The Bertz CT molecular complexity index is 706. The van der Waals surface area contributed by atoms with E-state index in [0.29, 0.717) is 18.8 Å². The third-order valence-electron chi connectivity index (χ3n) is 4.22. The number of hydrogen-bond donors (Lipinski definition) is 0. The fourth-order valence-corrected chi connectivity index (χ4v) is 3.21. The molecule has 3 rings (SSSR count). The number of cyclic esters (lactones) is 1. The number of ether oxygens (including phenoxy) is 2. The first kappa shape index (κ1) is 15.7. The summed E-state index contributed by atoms with van der Waals surface area (Å²) in [5.74, 6) is -0.266. The van der Waals surface area contributed by atoms with Gasteiger partial charge < -0.3 is 14.0 Å². The highest BCUT2D eigenvalue weighted by Gasteiger charge is 2.43. The molecule has 1 aliphatic heterocycles. The van der Waals surface area contributed by atoms with Crippen molar-refractivity contribution >= 4 is 5.97 Å². The molecular weight excluding hydrogens is 292 g/mol. The van der Waals surface area contributed by atoms with Gasteiger partial charge in [0.15, 0.2) is 0 Å². The van der Waals surface area contributed by atoms with E-state index in [9.17, 15) is 4.79 Å². The first-order valence-corrected chi connectivity index (χ1v) is 7.95. The Morgan fingerprint density at radius 2 is 2.13 bits per heavy atom. The Morgan fingerprint density at radius 3 is 2.91 bits per heavy atom. The van der Waals surface area contributed by atoms with E-state index in [2.05, 4.69) is 9.55 Å². The number of rotatable bonds is 5. The van der Waals surface area contributed by atoms with Crippen LogP contribution in [0.2, 0.25) is 0 Å². The highest BCUT2D eigenvalue weighted by atomic mass is 16.6. The predicted octanol–water partition coefficient (Wildman–Crippen LogP) is 3.00. The van der Waals surface area contributed by atoms with Crippen LogP contribution in [-0.4, -0.2) is 34.3 Å². The molecule has 0 saturated heterocycles. The summed E-state index contributed by atoms with van der Waals surface area (Å²) in [4.78, 5) is 16.5. The molecule has 0 bridgehead atoms. The zero-order valence-corrected chi connectivity index (χ0v) is 13.8. The molecule has 1 aromatic carbocycles. The number of fused-ring (bicyclic) bond motifs is 1. The molecule has 1 unspecified atom stereocenters. The number of carbonyl (C=O) groups is 1. The summed E-state index contributed by atoms with van der Waals surface area (Å²) in [6.07, 6.45) is 4.44. The van der Waals surface area contributed by atoms with Crippen molar-refractivity contribution in [2.45, 2.75) is 38.8 Å². The van der Waals surface area contributed by atoms with Gasteiger partial charge in [0.2, 0.25) is 0 Å². The highest BCUT2D eigenvalue weighted by Crippen LogP contribution is 2.40. The summed E-state index contributed by atoms with van der Waals surface area (Å²) in [5.41, 5.74) is 2.03. The second kappa shape index (κ2) is 6.16. The van der Waals surface area contributed by atoms with Gasteiger partial charge in [-0.05, 0) is 32.4 Å². The fraction of sp³-hybridized carbons (Fsp3) is 0.444. The largest absolute Gasteiger partial charge is 0.453 e. The minimum absolute atomic E-state index is 0.101. The zero-order valence-electron chi connectivity index (χ0n) is 13.8. The van der Waals surface area contributed by atoms with E-state index < -0.39 is 5.60 Å². The molecule has 122 valence electrons. The molecule has 2 heterocycles. The van der Waals surface area contributed by atoms with Crippen molar-refractivity contribution in [3.05, 3.63) is 53.6 Å². The molecule has 0 amide bonds. The molecule has 0 N–H and O–H groups in total. The van der Waals surface area contributed by atoms with Crippen LogP contribution in [-0.2, 0) is 15.9 Å². The Kier molecular flexibility index (Phi) is 4.22. The van der Waals surface area contributed by atoms with Crippen molar-refractivity contribution in [3.63, 3.8) is 0 Å². The lowest BCUT2D eigenvalue weighted by Gasteiger charge is -2.40. The van der Waals surface area contributed by atoms with Crippen molar-refractivity contribution in [1.82, 2.24) is 9.55 Å². The van der Waals surface area contributed by atoms with Gasteiger partial charge in [-0.15, -0.1) is 0 Å². The summed E-state index contributed by atoms with van der Waals surface area (Å²) in [5, 5.41) is 0. The van der Waals surface area contributed by atoms with E-state index in [1.54, 1.807) is 0 Å². The van der Waals surface area contributed by atoms with Crippen LogP contribution >= 0.6 is 0 Å². The topological polar surface area (TPSA) is 53.4 Å². The van der Waals surface area contributed by atoms with Gasteiger partial charge in [0, 0.05) is 24.9 Å². The first-order valence-electron chi connectivity index (χ1n) is 7.95. The Balaban J connectivity index is 2.03. The van der Waals surface area contributed by atoms with Crippen LogP contribution in [0.1, 0.15) is 48.4 Å². The lowest BCUT2D eigenvalue weighted by molar-refractivity contribution is -0.0266. The average Bonchev–Trinajstić information content (AvgIpc) is 2.95. The van der Waals surface area contributed by atoms with Gasteiger partial charge in [-0.25, -0.2) is 9.78 Å². The minimum Gasteiger partial charge on any atom is -0.453 e. The van der Waals surface area contributed by atoms with E-state index >= 15 is 0 Å². The molecule has 0 saturated carbocycles. The van der Waals surface area contributed by atoms with E-state index in [4.69, 9.17) is 9.47 Å². The van der Waals surface area contributed by atoms with Crippen LogP contribution < -0.4 is 0 Å². The van der Waals surface area contributed by atoms with Gasteiger partial charge in [0.25, 0.3) is 0 Å². The van der Waals surface area contributed by atoms with Crippen molar-refractivity contribution in [2.75, 3.05) is 13.2 Å². The van der Waals surface area contributed by atoms with Gasteiger partial charge in [0.05, 0.1) is 24.5 Å². The molecule has 1 aliphatic rings. The van der Waals surface area contributed by atoms with Crippen LogP contribution in [0.5, 0.6) is 0 Å². The number of imidazole rings is 1. The van der Waals surface area contributed by atoms with Crippen molar-refractivity contribution in [1.29, 1.82) is 0 Å². The van der Waals surface area contributed by atoms with Crippen molar-refractivity contribution in [2.24, 2.45) is 0 Å². The number of hydrogen-bond acceptors (Lipinski definition) is 4. The molecule has 0 aliphatic carbocycles. The number of aromatic nitrogens is 2. The zero-order chi connectivity index (χ0) is 16.4. The number of esters is 1. The van der Waals surface area contributed by atoms with Crippen LogP contribution in [0.15, 0.2) is 36.8 Å². The van der Waals surface area contributed by atoms with Gasteiger partial charge in [-0.2, -0.15) is 0 Å². The third kappa shape index (κ3) is 2.88.